The summed E-state index contributed by atoms with van der Waals surface area (Å²) in [5.74, 6) is 0. The zero-order valence-electron chi connectivity index (χ0n) is 44.0. The lowest BCUT2D eigenvalue weighted by atomic mass is 9.33. The van der Waals surface area contributed by atoms with Gasteiger partial charge in [-0.3, -0.25) is 0 Å². The lowest BCUT2D eigenvalue weighted by Crippen LogP contribution is -2.61. The van der Waals surface area contributed by atoms with Crippen LogP contribution in [0.25, 0.3) is 11.1 Å². The summed E-state index contributed by atoms with van der Waals surface area (Å²) in [5, 5.41) is 0. The maximum atomic E-state index is 2.76. The lowest BCUT2D eigenvalue weighted by Gasteiger charge is -2.47. The molecule has 0 unspecified atom stereocenters. The largest absolute Gasteiger partial charge is 0.311 e. The van der Waals surface area contributed by atoms with Crippen molar-refractivity contribution in [3.8, 4) is 11.1 Å². The molecule has 344 valence electrons. The van der Waals surface area contributed by atoms with Crippen LogP contribution in [0.5, 0.6) is 0 Å². The van der Waals surface area contributed by atoms with Gasteiger partial charge in [0.05, 0.1) is 0 Å². The van der Waals surface area contributed by atoms with Crippen molar-refractivity contribution >= 4 is 57.2 Å². The van der Waals surface area contributed by atoms with Crippen molar-refractivity contribution in [2.24, 2.45) is 0 Å². The number of hydrogen-bond acceptors (Lipinski definition) is 2. The average molecular weight is 883 g/mol. The van der Waals surface area contributed by atoms with E-state index in [0.29, 0.717) is 0 Å². The van der Waals surface area contributed by atoms with E-state index in [0.717, 1.165) is 12.8 Å². The highest BCUT2D eigenvalue weighted by atomic mass is 15.2. The molecule has 2 nitrogen and oxygen atoms in total. The Labute approximate surface area is 404 Å². The maximum absolute atomic E-state index is 2.76. The molecule has 0 saturated carbocycles. The molecule has 67 heavy (non-hydrogen) atoms. The fourth-order valence-electron chi connectivity index (χ4n) is 14.5. The summed E-state index contributed by atoms with van der Waals surface area (Å²) in [7, 11) is 0. The average Bonchev–Trinajstić information content (AvgIpc) is 3.54. The SMILES string of the molecule is Cc1cc2c(cc1N1c3cc4c(cc3B3c5ccc(-c6ccccc6)cc5N(c5cc6c(cc5C)C(C)(C)CC6(C)C)c5cc(C(C)(C)C)cc1c53)C(C)(C)CC4(C)C)C(C)(C)CCC2(C)C. The van der Waals surface area contributed by atoms with E-state index in [4.69, 9.17) is 0 Å². The number of hydrogen-bond donors (Lipinski definition) is 0. The van der Waals surface area contributed by atoms with Gasteiger partial charge in [0.15, 0.2) is 0 Å². The molecule has 0 aromatic heterocycles. The summed E-state index contributed by atoms with van der Waals surface area (Å²) in [6.07, 6.45) is 4.66. The minimum absolute atomic E-state index is 0.0459. The van der Waals surface area contributed by atoms with E-state index >= 15 is 0 Å². The second-order valence-electron chi connectivity index (χ2n) is 26.9. The molecule has 0 bridgehead atoms. The Morgan fingerprint density at radius 3 is 1.31 bits per heavy atom. The minimum Gasteiger partial charge on any atom is -0.311 e. The van der Waals surface area contributed by atoms with E-state index in [1.54, 1.807) is 0 Å². The molecule has 0 saturated heterocycles. The fraction of sp³-hybridized carbons (Fsp3) is 0.438. The first-order chi connectivity index (χ1) is 31.1. The molecule has 3 aliphatic carbocycles. The van der Waals surface area contributed by atoms with Gasteiger partial charge < -0.3 is 9.80 Å². The van der Waals surface area contributed by atoms with Gasteiger partial charge in [0, 0.05) is 34.1 Å². The second kappa shape index (κ2) is 13.8. The Hall–Kier alpha value is -5.02. The summed E-state index contributed by atoms with van der Waals surface area (Å²) in [5.41, 5.74) is 28.1. The third-order valence-corrected chi connectivity index (χ3v) is 17.9. The van der Waals surface area contributed by atoms with Crippen LogP contribution in [0.3, 0.4) is 0 Å². The van der Waals surface area contributed by atoms with Crippen LogP contribution in [0.1, 0.15) is 180 Å². The normalized spacial score (nSPS) is 20.4. The predicted molar refractivity (Wildman–Crippen MR) is 291 cm³/mol. The van der Waals surface area contributed by atoms with Crippen LogP contribution in [0.15, 0.2) is 97.1 Å². The van der Waals surface area contributed by atoms with Crippen molar-refractivity contribution in [1.29, 1.82) is 0 Å². The van der Waals surface area contributed by atoms with Gasteiger partial charge in [0.25, 0.3) is 6.71 Å². The Balaban J connectivity index is 1.29. The molecular weight excluding hydrogens is 808 g/mol. The number of rotatable bonds is 3. The van der Waals surface area contributed by atoms with Crippen LogP contribution in [-0.4, -0.2) is 6.71 Å². The van der Waals surface area contributed by atoms with Crippen molar-refractivity contribution < 1.29 is 0 Å². The van der Waals surface area contributed by atoms with Crippen LogP contribution >= 0.6 is 0 Å². The molecule has 11 rings (SSSR count). The number of benzene rings is 6. The number of fused-ring (bicyclic) bond motifs is 7. The Bertz CT molecular complexity index is 3090. The summed E-state index contributed by atoms with van der Waals surface area (Å²) >= 11 is 0. The maximum Gasteiger partial charge on any atom is 0.252 e. The van der Waals surface area contributed by atoms with Crippen molar-refractivity contribution in [3.05, 3.63) is 147 Å². The van der Waals surface area contributed by atoms with E-state index in [1.807, 2.05) is 0 Å². The first-order valence-corrected chi connectivity index (χ1v) is 25.6. The molecule has 6 aromatic rings. The standard InChI is InChI=1S/C64H75BN2/c1-38-27-43-46(60(8,9)26-25-59(43,6)7)33-51(38)67-54-35-48-45(62(12,13)37-64(48,16)17)32-50(54)65-49-24-23-41(40-21-19-18-20-22-40)29-53(49)66(55-30-42(58(3,4)5)31-56(67)57(55)65)52-34-47-44(28-39(52)2)61(10,11)36-63(47,14)15/h18-24,27-35H,25-26,36-37H2,1-17H3. The van der Waals surface area contributed by atoms with Gasteiger partial charge in [0.2, 0.25) is 0 Å². The highest BCUT2D eigenvalue weighted by Crippen LogP contribution is 2.57. The first kappa shape index (κ1) is 44.5. The van der Waals surface area contributed by atoms with E-state index in [9.17, 15) is 0 Å². The van der Waals surface area contributed by atoms with Crippen molar-refractivity contribution in [1.82, 2.24) is 0 Å². The monoisotopic (exact) mass is 883 g/mol. The smallest absolute Gasteiger partial charge is 0.252 e. The molecule has 6 aromatic carbocycles. The summed E-state index contributed by atoms with van der Waals surface area (Å²) in [6.45, 7) is 41.7. The molecule has 5 aliphatic rings. The van der Waals surface area contributed by atoms with Crippen LogP contribution < -0.4 is 26.2 Å². The Kier molecular flexibility index (Phi) is 9.18. The molecule has 3 heteroatoms. The molecular formula is C64H75BN2. The quantitative estimate of drug-likeness (QED) is 0.163. The highest BCUT2D eigenvalue weighted by Gasteiger charge is 2.50. The van der Waals surface area contributed by atoms with Crippen LogP contribution in [0, 0.1) is 13.8 Å². The van der Waals surface area contributed by atoms with Gasteiger partial charge in [0.1, 0.15) is 0 Å². The third kappa shape index (κ3) is 6.48. The summed E-state index contributed by atoms with van der Waals surface area (Å²) < 4.78 is 0. The van der Waals surface area contributed by atoms with Gasteiger partial charge >= 0.3 is 0 Å². The lowest BCUT2D eigenvalue weighted by molar-refractivity contribution is 0.332. The van der Waals surface area contributed by atoms with E-state index in [1.165, 1.54) is 125 Å². The van der Waals surface area contributed by atoms with E-state index < -0.39 is 0 Å². The van der Waals surface area contributed by atoms with E-state index in [2.05, 4.69) is 225 Å². The zero-order chi connectivity index (χ0) is 47.9. The third-order valence-electron chi connectivity index (χ3n) is 17.9. The highest BCUT2D eigenvalue weighted by molar-refractivity contribution is 7.00. The molecule has 2 heterocycles. The molecule has 0 amide bonds. The first-order valence-electron chi connectivity index (χ1n) is 25.6. The van der Waals surface area contributed by atoms with Crippen molar-refractivity contribution in [2.45, 2.75) is 181 Å². The molecule has 0 spiro atoms. The van der Waals surface area contributed by atoms with Crippen LogP contribution in [0.4, 0.5) is 34.1 Å². The number of nitrogens with zero attached hydrogens (tertiary/aromatic N) is 2. The summed E-state index contributed by atoms with van der Waals surface area (Å²) in [6, 6.07) is 39.4. The number of anilines is 6. The molecule has 0 atom stereocenters. The minimum atomic E-state index is -0.106. The Morgan fingerprint density at radius 1 is 0.403 bits per heavy atom. The molecule has 0 radical (unpaired) electrons. The molecule has 0 N–H and O–H groups in total. The zero-order valence-corrected chi connectivity index (χ0v) is 44.0. The van der Waals surface area contributed by atoms with Crippen molar-refractivity contribution in [3.63, 3.8) is 0 Å². The number of aryl methyl sites for hydroxylation is 2. The van der Waals surface area contributed by atoms with Gasteiger partial charge in [-0.1, -0.05) is 165 Å². The van der Waals surface area contributed by atoms with Gasteiger partial charge in [-0.25, -0.2) is 0 Å². The topological polar surface area (TPSA) is 6.48 Å². The fourth-order valence-corrected chi connectivity index (χ4v) is 14.5. The second-order valence-corrected chi connectivity index (χ2v) is 26.9. The van der Waals surface area contributed by atoms with Gasteiger partial charge in [-0.15, -0.1) is 0 Å². The van der Waals surface area contributed by atoms with Gasteiger partial charge in [-0.05, 0) is 191 Å². The predicted octanol–water partition coefficient (Wildman–Crippen LogP) is 15.6. The Morgan fingerprint density at radius 2 is 0.821 bits per heavy atom. The molecule has 0 fully saturated rings. The summed E-state index contributed by atoms with van der Waals surface area (Å²) in [4.78, 5) is 5.48. The molecule has 2 aliphatic heterocycles. The van der Waals surface area contributed by atoms with Crippen molar-refractivity contribution in [2.75, 3.05) is 9.80 Å². The van der Waals surface area contributed by atoms with Gasteiger partial charge in [-0.2, -0.15) is 0 Å². The van der Waals surface area contributed by atoms with Crippen LogP contribution in [0.2, 0.25) is 0 Å². The van der Waals surface area contributed by atoms with E-state index in [-0.39, 0.29) is 44.6 Å². The van der Waals surface area contributed by atoms with Crippen LogP contribution in [-0.2, 0) is 37.9 Å².